The Bertz CT molecular complexity index is 1400. The monoisotopic (exact) mass is 580 g/mol. The van der Waals surface area contributed by atoms with E-state index in [1.54, 1.807) is 19.9 Å². The number of carbonyl (C=O) groups is 5. The van der Waals surface area contributed by atoms with Crippen molar-refractivity contribution in [3.8, 4) is 0 Å². The second-order valence-electron chi connectivity index (χ2n) is 9.87. The number of Topliss-reactive ketones (excluding diaryl/α,β-unsaturated/α-hetero) is 1. The number of benzene rings is 2. The molecule has 1 aliphatic rings. The van der Waals surface area contributed by atoms with Crippen LogP contribution in [-0.2, 0) is 19.2 Å². The summed E-state index contributed by atoms with van der Waals surface area (Å²) in [6, 6.07) is 14.8. The summed E-state index contributed by atoms with van der Waals surface area (Å²) in [5.41, 5.74) is 1.87. The molecule has 1 aromatic heterocycles. The first-order chi connectivity index (χ1) is 18.0. The molecule has 4 amide bonds. The molecule has 38 heavy (non-hydrogen) atoms. The minimum Gasteiger partial charge on any atom is -0.351 e. The zero-order valence-electron chi connectivity index (χ0n) is 21.2. The number of ketones is 1. The first-order valence-corrected chi connectivity index (χ1v) is 13.2. The van der Waals surface area contributed by atoms with Crippen molar-refractivity contribution < 1.29 is 24.0 Å². The highest BCUT2D eigenvalue weighted by molar-refractivity contribution is 9.10. The quantitative estimate of drug-likeness (QED) is 0.227. The van der Waals surface area contributed by atoms with E-state index in [0.717, 1.165) is 20.9 Å². The van der Waals surface area contributed by atoms with Crippen molar-refractivity contribution in [1.29, 1.82) is 0 Å². The molecule has 4 rings (SSSR count). The molecular weight excluding hydrogens is 552 g/mol. The minimum atomic E-state index is -1.15. The number of aromatic amines is 1. The van der Waals surface area contributed by atoms with Gasteiger partial charge in [0.15, 0.2) is 5.78 Å². The molecule has 1 fully saturated rings. The van der Waals surface area contributed by atoms with Crippen LogP contribution in [0, 0.1) is 17.8 Å². The Balaban J connectivity index is 1.51. The zero-order chi connectivity index (χ0) is 27.6. The Kier molecular flexibility index (Phi) is 8.11. The van der Waals surface area contributed by atoms with E-state index in [1.165, 1.54) is 6.92 Å². The highest BCUT2D eigenvalue weighted by atomic mass is 79.9. The van der Waals surface area contributed by atoms with Crippen LogP contribution in [0.4, 0.5) is 0 Å². The average molecular weight is 581 g/mol. The summed E-state index contributed by atoms with van der Waals surface area (Å²) in [5, 5.41) is 8.72. The summed E-state index contributed by atoms with van der Waals surface area (Å²) in [6.07, 6.45) is -0.136. The summed E-state index contributed by atoms with van der Waals surface area (Å²) in [5.74, 6) is -4.78. The number of hydrogen-bond acceptors (Lipinski definition) is 5. The van der Waals surface area contributed by atoms with E-state index in [0.29, 0.717) is 5.69 Å². The minimum absolute atomic E-state index is 0.136. The van der Waals surface area contributed by atoms with Crippen molar-refractivity contribution in [3.63, 3.8) is 0 Å². The molecule has 9 nitrogen and oxygen atoms in total. The molecule has 0 aliphatic carbocycles. The van der Waals surface area contributed by atoms with Crippen molar-refractivity contribution in [2.75, 3.05) is 0 Å². The molecule has 0 spiro atoms. The number of rotatable bonds is 9. The molecule has 1 saturated heterocycles. The van der Waals surface area contributed by atoms with Crippen LogP contribution < -0.4 is 16.0 Å². The van der Waals surface area contributed by atoms with E-state index in [-0.39, 0.29) is 18.2 Å². The van der Waals surface area contributed by atoms with E-state index in [9.17, 15) is 24.0 Å². The average Bonchev–Trinajstić information content (AvgIpc) is 3.41. The number of imide groups is 1. The van der Waals surface area contributed by atoms with Gasteiger partial charge in [0.05, 0.1) is 24.4 Å². The number of aromatic nitrogens is 1. The number of halogens is 1. The van der Waals surface area contributed by atoms with Gasteiger partial charge >= 0.3 is 0 Å². The molecule has 0 bridgehead atoms. The molecule has 4 atom stereocenters. The summed E-state index contributed by atoms with van der Waals surface area (Å²) in [7, 11) is 0. The van der Waals surface area contributed by atoms with Crippen molar-refractivity contribution in [3.05, 3.63) is 70.3 Å². The normalized spacial score (nSPS) is 18.8. The van der Waals surface area contributed by atoms with Crippen molar-refractivity contribution in [2.24, 2.45) is 17.8 Å². The molecule has 0 saturated carbocycles. The predicted molar refractivity (Wildman–Crippen MR) is 145 cm³/mol. The van der Waals surface area contributed by atoms with Crippen LogP contribution in [-0.4, -0.2) is 40.4 Å². The fourth-order valence-corrected chi connectivity index (χ4v) is 5.02. The van der Waals surface area contributed by atoms with Gasteiger partial charge in [-0.1, -0.05) is 67.0 Å². The van der Waals surface area contributed by atoms with Gasteiger partial charge in [0.2, 0.25) is 17.7 Å². The third-order valence-corrected chi connectivity index (χ3v) is 7.26. The Hall–Kier alpha value is -3.79. The maximum atomic E-state index is 13.2. The van der Waals surface area contributed by atoms with Gasteiger partial charge in [-0.05, 0) is 35.7 Å². The third kappa shape index (κ3) is 5.85. The standard InChI is InChI=1S/C28H29BrN4O5/c1-14(2)24(25(35)23-15(3)26(36)33-28(23)38)32-22(34)13-20(16-7-5-4-6-8-16)31-27(37)21-12-17-11-18(29)9-10-19(17)30-21/h4-12,14-15,20,23-24,30H,13H2,1-3H3,(H,31,37)(H,32,34)(H,33,36,38)/t15-,20-,23+,24-/m0/s1. The molecule has 3 aromatic rings. The molecule has 0 radical (unpaired) electrons. The highest BCUT2D eigenvalue weighted by Crippen LogP contribution is 2.25. The van der Waals surface area contributed by atoms with Crippen LogP contribution in [0.1, 0.15) is 49.3 Å². The molecule has 2 aromatic carbocycles. The SMILES string of the molecule is CC(C)[C@H](NC(=O)C[C@H](NC(=O)c1cc2cc(Br)ccc2[nH]1)c1ccccc1)C(=O)[C@@H]1C(=O)NC(=O)[C@H]1C. The molecule has 10 heteroatoms. The number of carbonyl (C=O) groups excluding carboxylic acids is 5. The first kappa shape index (κ1) is 27.3. The first-order valence-electron chi connectivity index (χ1n) is 12.4. The van der Waals surface area contributed by atoms with Gasteiger partial charge in [-0.3, -0.25) is 29.3 Å². The number of hydrogen-bond donors (Lipinski definition) is 4. The van der Waals surface area contributed by atoms with Crippen molar-refractivity contribution in [2.45, 2.75) is 39.3 Å². The van der Waals surface area contributed by atoms with Gasteiger partial charge in [-0.2, -0.15) is 0 Å². The molecule has 1 aliphatic heterocycles. The zero-order valence-corrected chi connectivity index (χ0v) is 22.8. The fraction of sp³-hybridized carbons (Fsp3) is 0.321. The van der Waals surface area contributed by atoms with Crippen LogP contribution in [0.5, 0.6) is 0 Å². The highest BCUT2D eigenvalue weighted by Gasteiger charge is 2.46. The summed E-state index contributed by atoms with van der Waals surface area (Å²) in [6.45, 7) is 5.03. The molecule has 4 N–H and O–H groups in total. The number of H-pyrrole nitrogens is 1. The summed E-state index contributed by atoms with van der Waals surface area (Å²) < 4.78 is 0.887. The molecule has 198 valence electrons. The van der Waals surface area contributed by atoms with Gasteiger partial charge in [0.1, 0.15) is 11.6 Å². The van der Waals surface area contributed by atoms with Gasteiger partial charge < -0.3 is 15.6 Å². The number of amides is 4. The summed E-state index contributed by atoms with van der Waals surface area (Å²) >= 11 is 3.43. The number of nitrogens with one attached hydrogen (secondary N) is 4. The van der Waals surface area contributed by atoms with E-state index >= 15 is 0 Å². The molecule has 0 unspecified atom stereocenters. The maximum absolute atomic E-state index is 13.2. The Morgan fingerprint density at radius 2 is 1.68 bits per heavy atom. The Morgan fingerprint density at radius 1 is 0.974 bits per heavy atom. The largest absolute Gasteiger partial charge is 0.351 e. The van der Waals surface area contributed by atoms with Gasteiger partial charge in [0.25, 0.3) is 5.91 Å². The summed E-state index contributed by atoms with van der Waals surface area (Å²) in [4.78, 5) is 66.8. The van der Waals surface area contributed by atoms with E-state index in [1.807, 2.05) is 48.5 Å². The topological polar surface area (TPSA) is 137 Å². The smallest absolute Gasteiger partial charge is 0.268 e. The fourth-order valence-electron chi connectivity index (χ4n) is 4.64. The lowest BCUT2D eigenvalue weighted by molar-refractivity contribution is -0.137. The lowest BCUT2D eigenvalue weighted by Gasteiger charge is -2.26. The predicted octanol–water partition coefficient (Wildman–Crippen LogP) is 3.41. The van der Waals surface area contributed by atoms with Crippen molar-refractivity contribution in [1.82, 2.24) is 20.9 Å². The van der Waals surface area contributed by atoms with Gasteiger partial charge in [-0.25, -0.2) is 0 Å². The molecule has 2 heterocycles. The van der Waals surface area contributed by atoms with Crippen LogP contribution >= 0.6 is 15.9 Å². The molecular formula is C28H29BrN4O5. The third-order valence-electron chi connectivity index (χ3n) is 6.76. The maximum Gasteiger partial charge on any atom is 0.268 e. The van der Waals surface area contributed by atoms with E-state index < -0.39 is 47.4 Å². The van der Waals surface area contributed by atoms with Crippen LogP contribution in [0.15, 0.2) is 59.1 Å². The van der Waals surface area contributed by atoms with Crippen LogP contribution in [0.2, 0.25) is 0 Å². The van der Waals surface area contributed by atoms with E-state index in [4.69, 9.17) is 0 Å². The Morgan fingerprint density at radius 3 is 2.32 bits per heavy atom. The number of fused-ring (bicyclic) bond motifs is 1. The lowest BCUT2D eigenvalue weighted by Crippen LogP contribution is -2.49. The Labute approximate surface area is 228 Å². The second-order valence-corrected chi connectivity index (χ2v) is 10.8. The van der Waals surface area contributed by atoms with Crippen LogP contribution in [0.3, 0.4) is 0 Å². The lowest BCUT2D eigenvalue weighted by atomic mass is 9.85. The van der Waals surface area contributed by atoms with Gasteiger partial charge in [-0.15, -0.1) is 0 Å². The second kappa shape index (κ2) is 11.3. The van der Waals surface area contributed by atoms with Crippen molar-refractivity contribution >= 4 is 56.2 Å². The van der Waals surface area contributed by atoms with E-state index in [2.05, 4.69) is 36.9 Å². The van der Waals surface area contributed by atoms with Crippen LogP contribution in [0.25, 0.3) is 10.9 Å². The van der Waals surface area contributed by atoms with Gasteiger partial charge in [0, 0.05) is 15.4 Å².